The zero-order valence-electron chi connectivity index (χ0n) is 15.5. The number of methoxy groups -OCH3 is 1. The van der Waals surface area contributed by atoms with Gasteiger partial charge < -0.3 is 20.1 Å². The minimum absolute atomic E-state index is 0. The first-order valence-corrected chi connectivity index (χ1v) is 8.16. The summed E-state index contributed by atoms with van der Waals surface area (Å²) >= 11 is 0. The Bertz CT molecular complexity index is 690. The molecule has 1 atom stereocenters. The van der Waals surface area contributed by atoms with Crippen LogP contribution in [0.25, 0.3) is 5.69 Å². The number of aromatic nitrogens is 3. The normalized spacial score (nSPS) is 11.5. The minimum atomic E-state index is -0.231. The topological polar surface area (TPSA) is 90.3 Å². The molecule has 1 amide bonds. The fourth-order valence-electron chi connectivity index (χ4n) is 2.05. The number of hydrogen-bond donors (Lipinski definition) is 2. The molecule has 26 heavy (non-hydrogen) atoms. The Morgan fingerprint density at radius 1 is 1.23 bits per heavy atom. The lowest BCUT2D eigenvalue weighted by Gasteiger charge is -2.10. The van der Waals surface area contributed by atoms with Gasteiger partial charge in [0.1, 0.15) is 12.4 Å². The van der Waals surface area contributed by atoms with E-state index in [2.05, 4.69) is 20.8 Å². The van der Waals surface area contributed by atoms with Crippen molar-refractivity contribution in [3.63, 3.8) is 0 Å². The fourth-order valence-corrected chi connectivity index (χ4v) is 2.05. The smallest absolute Gasteiger partial charge is 0.273 e. The minimum Gasteiger partial charge on any atom is -0.491 e. The lowest BCUT2D eigenvalue weighted by Crippen LogP contribution is -2.37. The van der Waals surface area contributed by atoms with E-state index in [9.17, 15) is 4.79 Å². The van der Waals surface area contributed by atoms with Crippen molar-refractivity contribution in [1.29, 1.82) is 0 Å². The summed E-state index contributed by atoms with van der Waals surface area (Å²) < 4.78 is 10.5. The van der Waals surface area contributed by atoms with Crippen LogP contribution in [0.5, 0.6) is 5.75 Å². The van der Waals surface area contributed by atoms with Gasteiger partial charge >= 0.3 is 0 Å². The van der Waals surface area contributed by atoms with Crippen LogP contribution in [0.1, 0.15) is 23.1 Å². The summed E-state index contributed by atoms with van der Waals surface area (Å²) in [5.41, 5.74) is 1.66. The van der Waals surface area contributed by atoms with E-state index in [0.717, 1.165) is 11.4 Å². The van der Waals surface area contributed by atoms with Gasteiger partial charge in [0.2, 0.25) is 0 Å². The molecule has 0 aliphatic rings. The molecule has 2 aromatic rings. The zero-order chi connectivity index (χ0) is 18.2. The van der Waals surface area contributed by atoms with E-state index < -0.39 is 0 Å². The number of aryl methyl sites for hydroxylation is 1. The molecule has 1 unspecified atom stereocenters. The summed E-state index contributed by atoms with van der Waals surface area (Å²) in [7, 11) is 3.48. The average Bonchev–Trinajstić information content (AvgIpc) is 3.02. The SMILES string of the molecule is CNC(C)CNC(=O)c1nn(-c2ccc(OCCOC)cc2)nc1C.Cl. The predicted octanol–water partition coefficient (Wildman–Crippen LogP) is 1.36. The molecule has 1 heterocycles. The molecule has 0 aliphatic heterocycles. The van der Waals surface area contributed by atoms with Gasteiger partial charge in [0.05, 0.1) is 18.0 Å². The maximum Gasteiger partial charge on any atom is 0.273 e. The standard InChI is InChI=1S/C17H25N5O3.ClH/c1-12(18-3)11-19-17(23)16-13(2)20-22(21-16)14-5-7-15(8-6-14)25-10-9-24-4;/h5-8,12,18H,9-11H2,1-4H3,(H,19,23);1H. The predicted molar refractivity (Wildman–Crippen MR) is 102 cm³/mol. The highest BCUT2D eigenvalue weighted by Crippen LogP contribution is 2.15. The molecule has 0 radical (unpaired) electrons. The molecule has 8 nitrogen and oxygen atoms in total. The van der Waals surface area contributed by atoms with E-state index in [1.807, 2.05) is 38.2 Å². The van der Waals surface area contributed by atoms with Crippen LogP contribution in [-0.2, 0) is 4.74 Å². The molecule has 0 bridgehead atoms. The van der Waals surface area contributed by atoms with E-state index in [0.29, 0.717) is 31.1 Å². The maximum absolute atomic E-state index is 12.2. The monoisotopic (exact) mass is 383 g/mol. The van der Waals surface area contributed by atoms with Crippen molar-refractivity contribution in [3.8, 4) is 11.4 Å². The molecule has 2 N–H and O–H groups in total. The summed E-state index contributed by atoms with van der Waals surface area (Å²) in [5, 5.41) is 14.5. The lowest BCUT2D eigenvalue weighted by molar-refractivity contribution is 0.0944. The van der Waals surface area contributed by atoms with E-state index in [1.165, 1.54) is 4.80 Å². The van der Waals surface area contributed by atoms with Crippen LogP contribution in [0.15, 0.2) is 24.3 Å². The molecule has 1 aromatic heterocycles. The van der Waals surface area contributed by atoms with Crippen molar-refractivity contribution in [1.82, 2.24) is 25.6 Å². The lowest BCUT2D eigenvalue weighted by atomic mass is 10.3. The first-order valence-electron chi connectivity index (χ1n) is 8.16. The number of nitrogens with zero attached hydrogens (tertiary/aromatic N) is 3. The third kappa shape index (κ3) is 5.98. The Balaban J connectivity index is 0.00000338. The van der Waals surface area contributed by atoms with Crippen LogP contribution in [0.3, 0.4) is 0 Å². The molecule has 0 saturated carbocycles. The van der Waals surface area contributed by atoms with Crippen LogP contribution in [-0.4, -0.2) is 60.9 Å². The first kappa shape index (κ1) is 21.9. The largest absolute Gasteiger partial charge is 0.491 e. The second-order valence-corrected chi connectivity index (χ2v) is 5.66. The summed E-state index contributed by atoms with van der Waals surface area (Å²) in [5.74, 6) is 0.508. The molecule has 1 aromatic carbocycles. The molecule has 0 saturated heterocycles. The third-order valence-electron chi connectivity index (χ3n) is 3.68. The Morgan fingerprint density at radius 3 is 2.54 bits per heavy atom. The number of ether oxygens (including phenoxy) is 2. The Hall–Kier alpha value is -2.16. The molecule has 0 spiro atoms. The third-order valence-corrected chi connectivity index (χ3v) is 3.68. The van der Waals surface area contributed by atoms with Crippen molar-refractivity contribution in [2.45, 2.75) is 19.9 Å². The number of carbonyl (C=O) groups excluding carboxylic acids is 1. The Labute approximate surface area is 159 Å². The first-order chi connectivity index (χ1) is 12.0. The van der Waals surface area contributed by atoms with Crippen molar-refractivity contribution >= 4 is 18.3 Å². The number of likely N-dealkylation sites (N-methyl/N-ethyl adjacent to an activating group) is 1. The summed E-state index contributed by atoms with van der Waals surface area (Å²) in [6.07, 6.45) is 0. The van der Waals surface area contributed by atoms with E-state index in [1.54, 1.807) is 14.0 Å². The fraction of sp³-hybridized carbons (Fsp3) is 0.471. The van der Waals surface area contributed by atoms with Gasteiger partial charge in [0.15, 0.2) is 5.69 Å². The van der Waals surface area contributed by atoms with E-state index in [-0.39, 0.29) is 24.4 Å². The highest BCUT2D eigenvalue weighted by Gasteiger charge is 2.16. The van der Waals surface area contributed by atoms with Crippen LogP contribution in [0, 0.1) is 6.92 Å². The van der Waals surface area contributed by atoms with E-state index in [4.69, 9.17) is 9.47 Å². The Morgan fingerprint density at radius 2 is 1.92 bits per heavy atom. The van der Waals surface area contributed by atoms with Gasteiger partial charge in [-0.1, -0.05) is 0 Å². The van der Waals surface area contributed by atoms with Gasteiger partial charge in [-0.2, -0.15) is 9.90 Å². The molecule has 2 rings (SSSR count). The van der Waals surface area contributed by atoms with Crippen LogP contribution in [0.4, 0.5) is 0 Å². The number of carbonyl (C=O) groups is 1. The van der Waals surface area contributed by atoms with Gasteiger partial charge in [0, 0.05) is 19.7 Å². The summed E-state index contributed by atoms with van der Waals surface area (Å²) in [6, 6.07) is 7.53. The maximum atomic E-state index is 12.2. The quantitative estimate of drug-likeness (QED) is 0.635. The summed E-state index contributed by atoms with van der Waals surface area (Å²) in [6.45, 7) is 5.30. The number of rotatable bonds is 9. The van der Waals surface area contributed by atoms with Crippen LogP contribution >= 0.6 is 12.4 Å². The number of benzene rings is 1. The second kappa shape index (κ2) is 10.7. The second-order valence-electron chi connectivity index (χ2n) is 5.66. The zero-order valence-corrected chi connectivity index (χ0v) is 16.3. The van der Waals surface area contributed by atoms with Gasteiger partial charge in [-0.25, -0.2) is 0 Å². The molecule has 0 aliphatic carbocycles. The van der Waals surface area contributed by atoms with Gasteiger partial charge in [-0.05, 0) is 45.2 Å². The van der Waals surface area contributed by atoms with Crippen molar-refractivity contribution in [2.24, 2.45) is 0 Å². The molecular formula is C17H26ClN5O3. The van der Waals surface area contributed by atoms with Gasteiger partial charge in [-0.15, -0.1) is 17.5 Å². The molecular weight excluding hydrogens is 358 g/mol. The van der Waals surface area contributed by atoms with Gasteiger partial charge in [-0.3, -0.25) is 4.79 Å². The Kier molecular flexibility index (Phi) is 9.04. The van der Waals surface area contributed by atoms with Crippen LogP contribution in [0.2, 0.25) is 0 Å². The van der Waals surface area contributed by atoms with Crippen molar-refractivity contribution in [2.75, 3.05) is 33.9 Å². The highest BCUT2D eigenvalue weighted by atomic mass is 35.5. The molecule has 0 fully saturated rings. The number of amides is 1. The number of halogens is 1. The van der Waals surface area contributed by atoms with Crippen molar-refractivity contribution < 1.29 is 14.3 Å². The molecule has 9 heteroatoms. The van der Waals surface area contributed by atoms with Gasteiger partial charge in [0.25, 0.3) is 5.91 Å². The summed E-state index contributed by atoms with van der Waals surface area (Å²) in [4.78, 5) is 13.7. The van der Waals surface area contributed by atoms with Crippen LogP contribution < -0.4 is 15.4 Å². The molecule has 144 valence electrons. The number of hydrogen-bond acceptors (Lipinski definition) is 6. The highest BCUT2D eigenvalue weighted by molar-refractivity contribution is 5.93. The number of nitrogens with one attached hydrogen (secondary N) is 2. The van der Waals surface area contributed by atoms with Crippen molar-refractivity contribution in [3.05, 3.63) is 35.7 Å². The average molecular weight is 384 g/mol. The van der Waals surface area contributed by atoms with E-state index >= 15 is 0 Å².